The van der Waals surface area contributed by atoms with Gasteiger partial charge in [0.1, 0.15) is 5.37 Å². The predicted octanol–water partition coefficient (Wildman–Crippen LogP) is 0.823. The second-order valence-electron chi connectivity index (χ2n) is 5.49. The van der Waals surface area contributed by atoms with Crippen molar-refractivity contribution < 1.29 is 23.1 Å². The van der Waals surface area contributed by atoms with Crippen LogP contribution in [0.2, 0.25) is 0 Å². The molecule has 0 aromatic heterocycles. The van der Waals surface area contributed by atoms with Crippen LogP contribution in [-0.2, 0) is 19.4 Å². The van der Waals surface area contributed by atoms with E-state index in [-0.39, 0.29) is 11.7 Å². The Morgan fingerprint density at radius 1 is 1.29 bits per heavy atom. The molecule has 8 heteroatoms. The summed E-state index contributed by atoms with van der Waals surface area (Å²) in [5.41, 5.74) is 0. The number of carbonyl (C=O) groups excluding carboxylic acids is 1. The van der Waals surface area contributed by atoms with Gasteiger partial charge in [-0.1, -0.05) is 13.3 Å². The Morgan fingerprint density at radius 2 is 1.95 bits per heavy atom. The van der Waals surface area contributed by atoms with Crippen LogP contribution < -0.4 is 0 Å². The normalized spacial score (nSPS) is 30.3. The lowest BCUT2D eigenvalue weighted by molar-refractivity contribution is -0.149. The van der Waals surface area contributed by atoms with Crippen LogP contribution in [0.25, 0.3) is 0 Å². The van der Waals surface area contributed by atoms with Crippen molar-refractivity contribution in [2.45, 2.75) is 31.6 Å². The monoisotopic (exact) mass is 335 g/mol. The van der Waals surface area contributed by atoms with Crippen molar-refractivity contribution in [2.75, 3.05) is 23.8 Å². The van der Waals surface area contributed by atoms with Gasteiger partial charge in [0, 0.05) is 23.8 Å². The van der Waals surface area contributed by atoms with E-state index in [0.29, 0.717) is 37.3 Å². The number of nitrogens with zero attached hydrogens (tertiary/aromatic N) is 1. The number of amides is 1. The fraction of sp³-hybridized carbons (Fsp3) is 0.846. The zero-order valence-electron chi connectivity index (χ0n) is 12.0. The number of carboxylic acids is 1. The number of aliphatic carboxylic acids is 1. The van der Waals surface area contributed by atoms with Crippen molar-refractivity contribution in [1.29, 1.82) is 0 Å². The number of carbonyl (C=O) groups is 2. The highest BCUT2D eigenvalue weighted by Crippen LogP contribution is 2.35. The second kappa shape index (κ2) is 6.56. The van der Waals surface area contributed by atoms with Crippen molar-refractivity contribution >= 4 is 33.5 Å². The highest BCUT2D eigenvalue weighted by Gasteiger charge is 2.44. The fourth-order valence-electron chi connectivity index (χ4n) is 3.09. The van der Waals surface area contributed by atoms with Crippen LogP contribution >= 0.6 is 11.8 Å². The quantitative estimate of drug-likeness (QED) is 0.818. The molecule has 0 spiro atoms. The minimum Gasteiger partial charge on any atom is -0.481 e. The SMILES string of the molecule is CCS(=O)(=O)C1CSCCN1C(=O)C1CCCC1C(=O)O. The number of carboxylic acid groups (broad SMARTS) is 1. The van der Waals surface area contributed by atoms with Crippen molar-refractivity contribution in [3.05, 3.63) is 0 Å². The van der Waals surface area contributed by atoms with Crippen molar-refractivity contribution in [3.8, 4) is 0 Å². The molecule has 3 unspecified atom stereocenters. The zero-order chi connectivity index (χ0) is 15.6. The topological polar surface area (TPSA) is 91.8 Å². The molecule has 21 heavy (non-hydrogen) atoms. The van der Waals surface area contributed by atoms with E-state index in [2.05, 4.69) is 0 Å². The van der Waals surface area contributed by atoms with Gasteiger partial charge >= 0.3 is 5.97 Å². The first kappa shape index (κ1) is 16.6. The molecule has 2 rings (SSSR count). The molecule has 2 fully saturated rings. The van der Waals surface area contributed by atoms with Gasteiger partial charge in [0.2, 0.25) is 5.91 Å². The van der Waals surface area contributed by atoms with Crippen LogP contribution in [0.3, 0.4) is 0 Å². The smallest absolute Gasteiger partial charge is 0.307 e. The maximum absolute atomic E-state index is 12.7. The average molecular weight is 335 g/mol. The molecular weight excluding hydrogens is 314 g/mol. The summed E-state index contributed by atoms with van der Waals surface area (Å²) in [6.45, 7) is 1.96. The lowest BCUT2D eigenvalue weighted by Crippen LogP contribution is -2.53. The van der Waals surface area contributed by atoms with E-state index < -0.39 is 33.0 Å². The van der Waals surface area contributed by atoms with Crippen LogP contribution in [0.15, 0.2) is 0 Å². The molecular formula is C13H21NO5S2. The average Bonchev–Trinajstić information content (AvgIpc) is 2.96. The third-order valence-corrected chi connectivity index (χ3v) is 7.62. The number of hydrogen-bond acceptors (Lipinski definition) is 5. The molecule has 0 bridgehead atoms. The van der Waals surface area contributed by atoms with E-state index in [1.807, 2.05) is 0 Å². The van der Waals surface area contributed by atoms with Gasteiger partial charge in [-0.25, -0.2) is 8.42 Å². The molecule has 1 amide bonds. The lowest BCUT2D eigenvalue weighted by atomic mass is 9.94. The Morgan fingerprint density at radius 3 is 2.57 bits per heavy atom. The molecule has 0 aromatic rings. The summed E-state index contributed by atoms with van der Waals surface area (Å²) in [4.78, 5) is 25.3. The van der Waals surface area contributed by atoms with Crippen LogP contribution in [0, 0.1) is 11.8 Å². The van der Waals surface area contributed by atoms with Crippen LogP contribution in [0.4, 0.5) is 0 Å². The molecule has 1 saturated carbocycles. The molecule has 0 aromatic carbocycles. The molecule has 2 aliphatic rings. The summed E-state index contributed by atoms with van der Waals surface area (Å²) in [5, 5.41) is 8.41. The number of sulfone groups is 1. The molecule has 120 valence electrons. The minimum atomic E-state index is -3.35. The molecule has 1 saturated heterocycles. The fourth-order valence-corrected chi connectivity index (χ4v) is 6.06. The Balaban J connectivity index is 2.21. The molecule has 1 N–H and O–H groups in total. The van der Waals surface area contributed by atoms with E-state index >= 15 is 0 Å². The minimum absolute atomic E-state index is 0.00493. The molecule has 1 heterocycles. The summed E-state index contributed by atoms with van der Waals surface area (Å²) < 4.78 is 24.4. The molecule has 3 atom stereocenters. The first-order valence-electron chi connectivity index (χ1n) is 7.21. The van der Waals surface area contributed by atoms with E-state index in [9.17, 15) is 23.1 Å². The third-order valence-electron chi connectivity index (χ3n) is 4.33. The molecule has 6 nitrogen and oxygen atoms in total. The largest absolute Gasteiger partial charge is 0.481 e. The van der Waals surface area contributed by atoms with E-state index in [0.717, 1.165) is 0 Å². The van der Waals surface area contributed by atoms with Crippen LogP contribution in [0.5, 0.6) is 0 Å². The third kappa shape index (κ3) is 3.36. The van der Waals surface area contributed by atoms with Gasteiger partial charge in [-0.15, -0.1) is 0 Å². The van der Waals surface area contributed by atoms with Crippen molar-refractivity contribution in [1.82, 2.24) is 4.90 Å². The van der Waals surface area contributed by atoms with Gasteiger partial charge in [0.15, 0.2) is 9.84 Å². The van der Waals surface area contributed by atoms with E-state index in [1.165, 1.54) is 16.7 Å². The number of rotatable bonds is 4. The maximum Gasteiger partial charge on any atom is 0.307 e. The summed E-state index contributed by atoms with van der Waals surface area (Å²) >= 11 is 1.53. The van der Waals surface area contributed by atoms with Gasteiger partial charge in [-0.2, -0.15) is 11.8 Å². The Kier molecular flexibility index (Phi) is 5.19. The Bertz CT molecular complexity index is 519. The lowest BCUT2D eigenvalue weighted by Gasteiger charge is -2.36. The maximum atomic E-state index is 12.7. The van der Waals surface area contributed by atoms with Gasteiger partial charge in [0.25, 0.3) is 0 Å². The first-order valence-corrected chi connectivity index (χ1v) is 10.1. The van der Waals surface area contributed by atoms with E-state index in [4.69, 9.17) is 0 Å². The van der Waals surface area contributed by atoms with Gasteiger partial charge in [0.05, 0.1) is 11.8 Å². The van der Waals surface area contributed by atoms with Gasteiger partial charge < -0.3 is 10.0 Å². The summed E-state index contributed by atoms with van der Waals surface area (Å²) in [6.07, 6.45) is 1.75. The Hall–Kier alpha value is -0.760. The van der Waals surface area contributed by atoms with Gasteiger partial charge in [-0.05, 0) is 12.8 Å². The first-order chi connectivity index (χ1) is 9.88. The van der Waals surface area contributed by atoms with Gasteiger partial charge in [-0.3, -0.25) is 9.59 Å². The summed E-state index contributed by atoms with van der Waals surface area (Å²) in [7, 11) is -3.35. The second-order valence-corrected chi connectivity index (χ2v) is 9.09. The highest BCUT2D eigenvalue weighted by molar-refractivity contribution is 8.01. The van der Waals surface area contributed by atoms with E-state index in [1.54, 1.807) is 6.92 Å². The standard InChI is InChI=1S/C13H21NO5S2/c1-2-21(18,19)11-8-20-7-6-14(11)12(15)9-4-3-5-10(9)13(16)17/h9-11H,2-8H2,1H3,(H,16,17). The molecule has 0 radical (unpaired) electrons. The molecule has 1 aliphatic heterocycles. The Labute approximate surface area is 129 Å². The zero-order valence-corrected chi connectivity index (χ0v) is 13.7. The predicted molar refractivity (Wildman–Crippen MR) is 80.8 cm³/mol. The summed E-state index contributed by atoms with van der Waals surface area (Å²) in [6, 6.07) is 0. The number of hydrogen-bond donors (Lipinski definition) is 1. The summed E-state index contributed by atoms with van der Waals surface area (Å²) in [5.74, 6) is -1.40. The highest BCUT2D eigenvalue weighted by atomic mass is 32.2. The van der Waals surface area contributed by atoms with Crippen molar-refractivity contribution in [3.63, 3.8) is 0 Å². The van der Waals surface area contributed by atoms with Crippen molar-refractivity contribution in [2.24, 2.45) is 11.8 Å². The number of thioether (sulfide) groups is 1. The molecule has 1 aliphatic carbocycles. The van der Waals surface area contributed by atoms with Crippen LogP contribution in [0.1, 0.15) is 26.2 Å². The van der Waals surface area contributed by atoms with Crippen LogP contribution in [-0.4, -0.2) is 59.5 Å².